The Kier molecular flexibility index (Phi) is 4.52. The molecule has 0 saturated heterocycles. The molecule has 0 aromatic heterocycles. The molecule has 0 spiro atoms. The van der Waals surface area contributed by atoms with Crippen molar-refractivity contribution in [3.63, 3.8) is 0 Å². The summed E-state index contributed by atoms with van der Waals surface area (Å²) in [5.41, 5.74) is 2.53. The van der Waals surface area contributed by atoms with Crippen LogP contribution in [0.5, 0.6) is 5.75 Å². The quantitative estimate of drug-likeness (QED) is 0.821. The van der Waals surface area contributed by atoms with Gasteiger partial charge in [-0.1, -0.05) is 12.1 Å². The van der Waals surface area contributed by atoms with Gasteiger partial charge in [-0.05, 0) is 37.0 Å². The zero-order valence-corrected chi connectivity index (χ0v) is 10.4. The molecule has 4 nitrogen and oxygen atoms in total. The van der Waals surface area contributed by atoms with Gasteiger partial charge in [-0.3, -0.25) is 4.79 Å². The lowest BCUT2D eigenvalue weighted by molar-refractivity contribution is -0.139. The number of carboxylic acids is 1. The first kappa shape index (κ1) is 13.5. The van der Waals surface area contributed by atoms with Crippen LogP contribution >= 0.6 is 0 Å². The summed E-state index contributed by atoms with van der Waals surface area (Å²) in [7, 11) is 1.59. The second-order valence-corrected chi connectivity index (χ2v) is 4.09. The van der Waals surface area contributed by atoms with Crippen LogP contribution in [0.1, 0.15) is 29.0 Å². The molecule has 94 valence electrons. The summed E-state index contributed by atoms with van der Waals surface area (Å²) < 4.78 is 5.23. The summed E-state index contributed by atoms with van der Waals surface area (Å²) in [5.74, 6) is -0.798. The maximum atomic E-state index is 11.1. The number of ether oxygens (including phenoxy) is 1. The molecule has 0 aliphatic heterocycles. The molecule has 0 saturated carbocycles. The fourth-order valence-corrected chi connectivity index (χ4v) is 2.07. The van der Waals surface area contributed by atoms with Crippen LogP contribution in [-0.2, 0) is 4.79 Å². The maximum absolute atomic E-state index is 11.1. The van der Waals surface area contributed by atoms with Crippen molar-refractivity contribution < 1.29 is 19.7 Å². The molecule has 0 heterocycles. The molecule has 1 rings (SSSR count). The molecule has 0 radical (unpaired) electrons. The number of rotatable bonds is 5. The van der Waals surface area contributed by atoms with Gasteiger partial charge in [0.25, 0.3) is 0 Å². The minimum atomic E-state index is -0.914. The van der Waals surface area contributed by atoms with E-state index in [1.807, 2.05) is 13.8 Å². The summed E-state index contributed by atoms with van der Waals surface area (Å²) in [6, 6.07) is 3.61. The van der Waals surface area contributed by atoms with Crippen LogP contribution in [-0.4, -0.2) is 29.9 Å². The number of aryl methyl sites for hydroxylation is 2. The van der Waals surface area contributed by atoms with Crippen LogP contribution in [0.2, 0.25) is 0 Å². The number of carboxylic acid groups (broad SMARTS) is 1. The fraction of sp³-hybridized carbons (Fsp3) is 0.462. The molecule has 1 unspecified atom stereocenters. The highest BCUT2D eigenvalue weighted by Gasteiger charge is 2.20. The van der Waals surface area contributed by atoms with Gasteiger partial charge in [-0.15, -0.1) is 0 Å². The van der Waals surface area contributed by atoms with Crippen molar-refractivity contribution >= 4 is 5.97 Å². The Morgan fingerprint density at radius 2 is 1.88 bits per heavy atom. The van der Waals surface area contributed by atoms with Crippen molar-refractivity contribution in [3.05, 3.63) is 28.8 Å². The Bertz CT molecular complexity index is 389. The summed E-state index contributed by atoms with van der Waals surface area (Å²) >= 11 is 0. The lowest BCUT2D eigenvalue weighted by Crippen LogP contribution is -2.13. The van der Waals surface area contributed by atoms with Crippen molar-refractivity contribution in [2.45, 2.75) is 26.2 Å². The van der Waals surface area contributed by atoms with E-state index in [1.54, 1.807) is 19.2 Å². The lowest BCUT2D eigenvalue weighted by Gasteiger charge is -2.15. The van der Waals surface area contributed by atoms with Crippen molar-refractivity contribution in [3.8, 4) is 5.75 Å². The molecule has 17 heavy (non-hydrogen) atoms. The molecule has 1 aromatic carbocycles. The van der Waals surface area contributed by atoms with Gasteiger partial charge in [0.15, 0.2) is 0 Å². The number of hydrogen-bond donors (Lipinski definition) is 2. The first-order valence-electron chi connectivity index (χ1n) is 5.50. The largest absolute Gasteiger partial charge is 0.496 e. The summed E-state index contributed by atoms with van der Waals surface area (Å²) in [4.78, 5) is 11.1. The first-order valence-corrected chi connectivity index (χ1v) is 5.50. The molecule has 0 aliphatic rings. The van der Waals surface area contributed by atoms with Crippen LogP contribution in [0.25, 0.3) is 0 Å². The third-order valence-electron chi connectivity index (χ3n) is 2.81. The van der Waals surface area contributed by atoms with Gasteiger partial charge in [0.1, 0.15) is 5.75 Å². The van der Waals surface area contributed by atoms with Crippen molar-refractivity contribution in [1.29, 1.82) is 0 Å². The van der Waals surface area contributed by atoms with Crippen LogP contribution in [0.15, 0.2) is 12.1 Å². The van der Waals surface area contributed by atoms with Crippen molar-refractivity contribution in [2.24, 2.45) is 0 Å². The number of aliphatic hydroxyl groups excluding tert-OH is 1. The Balaban J connectivity index is 3.17. The molecular formula is C13H18O4. The van der Waals surface area contributed by atoms with Crippen molar-refractivity contribution in [1.82, 2.24) is 0 Å². The predicted molar refractivity (Wildman–Crippen MR) is 64.5 cm³/mol. The summed E-state index contributed by atoms with van der Waals surface area (Å²) in [6.45, 7) is 3.63. The highest BCUT2D eigenvalue weighted by atomic mass is 16.5. The SMILES string of the molecule is COc1c(C)cc(C(CCO)C(=O)O)cc1C. The number of methoxy groups -OCH3 is 1. The van der Waals surface area contributed by atoms with Gasteiger partial charge in [-0.25, -0.2) is 0 Å². The van der Waals surface area contributed by atoms with Crippen LogP contribution in [0.3, 0.4) is 0 Å². The Hall–Kier alpha value is -1.55. The molecule has 0 fully saturated rings. The van der Waals surface area contributed by atoms with E-state index in [4.69, 9.17) is 14.9 Å². The highest BCUT2D eigenvalue weighted by molar-refractivity contribution is 5.76. The maximum Gasteiger partial charge on any atom is 0.311 e. The third kappa shape index (κ3) is 2.97. The van der Waals surface area contributed by atoms with Gasteiger partial charge in [0.2, 0.25) is 0 Å². The molecule has 0 bridgehead atoms. The summed E-state index contributed by atoms with van der Waals surface area (Å²) in [6.07, 6.45) is 0.223. The number of aliphatic carboxylic acids is 1. The van der Waals surface area contributed by atoms with Crippen LogP contribution in [0.4, 0.5) is 0 Å². The van der Waals surface area contributed by atoms with E-state index in [9.17, 15) is 4.79 Å². The number of carbonyl (C=O) groups is 1. The molecule has 1 atom stereocenters. The van der Waals surface area contributed by atoms with Crippen LogP contribution < -0.4 is 4.74 Å². The van der Waals surface area contributed by atoms with E-state index in [-0.39, 0.29) is 13.0 Å². The van der Waals surface area contributed by atoms with E-state index in [0.29, 0.717) is 5.56 Å². The number of hydrogen-bond acceptors (Lipinski definition) is 3. The monoisotopic (exact) mass is 238 g/mol. The Labute approximate surface area is 101 Å². The fourth-order valence-electron chi connectivity index (χ4n) is 2.07. The highest BCUT2D eigenvalue weighted by Crippen LogP contribution is 2.29. The third-order valence-corrected chi connectivity index (χ3v) is 2.81. The van der Waals surface area contributed by atoms with Gasteiger partial charge in [0.05, 0.1) is 13.0 Å². The van der Waals surface area contributed by atoms with Gasteiger partial charge < -0.3 is 14.9 Å². The number of benzene rings is 1. The molecule has 0 amide bonds. The second-order valence-electron chi connectivity index (χ2n) is 4.09. The minimum absolute atomic E-state index is 0.138. The van der Waals surface area contributed by atoms with Crippen LogP contribution in [0, 0.1) is 13.8 Å². The summed E-state index contributed by atoms with van der Waals surface area (Å²) in [5, 5.41) is 18.0. The molecular weight excluding hydrogens is 220 g/mol. The zero-order chi connectivity index (χ0) is 13.0. The molecule has 4 heteroatoms. The van der Waals surface area contributed by atoms with E-state index < -0.39 is 11.9 Å². The molecule has 0 aliphatic carbocycles. The Morgan fingerprint density at radius 3 is 2.24 bits per heavy atom. The first-order chi connectivity index (χ1) is 8.01. The van der Waals surface area contributed by atoms with Gasteiger partial charge >= 0.3 is 5.97 Å². The smallest absolute Gasteiger partial charge is 0.311 e. The van der Waals surface area contributed by atoms with Gasteiger partial charge in [0, 0.05) is 6.61 Å². The van der Waals surface area contributed by atoms with E-state index in [0.717, 1.165) is 16.9 Å². The van der Waals surface area contributed by atoms with E-state index >= 15 is 0 Å². The average Bonchev–Trinajstić information content (AvgIpc) is 2.24. The molecule has 1 aromatic rings. The molecule has 2 N–H and O–H groups in total. The van der Waals surface area contributed by atoms with E-state index in [2.05, 4.69) is 0 Å². The minimum Gasteiger partial charge on any atom is -0.496 e. The zero-order valence-electron chi connectivity index (χ0n) is 10.4. The van der Waals surface area contributed by atoms with Crippen molar-refractivity contribution in [2.75, 3.05) is 13.7 Å². The average molecular weight is 238 g/mol. The predicted octanol–water partition coefficient (Wildman–Crippen LogP) is 1.86. The Morgan fingerprint density at radius 1 is 1.35 bits per heavy atom. The van der Waals surface area contributed by atoms with Gasteiger partial charge in [-0.2, -0.15) is 0 Å². The topological polar surface area (TPSA) is 66.8 Å². The standard InChI is InChI=1S/C13H18O4/c1-8-6-10(7-9(2)12(8)17-3)11(4-5-14)13(15)16/h6-7,11,14H,4-5H2,1-3H3,(H,15,16). The van der Waals surface area contributed by atoms with E-state index in [1.165, 1.54) is 0 Å². The lowest BCUT2D eigenvalue weighted by atomic mass is 9.92. The second kappa shape index (κ2) is 5.68. The normalized spacial score (nSPS) is 12.2. The number of aliphatic hydroxyl groups is 1.